The minimum Gasteiger partial charge on any atom is -0.466 e. The maximum absolute atomic E-state index is 11.2. The number of carbonyl (C=O) groups excluding carboxylic acids is 1. The van der Waals surface area contributed by atoms with E-state index in [1.165, 1.54) is 0 Å². The molecule has 15 heavy (non-hydrogen) atoms. The number of nitrogens with zero attached hydrogens (tertiary/aromatic N) is 1. The molecule has 1 rings (SSSR count). The molecule has 1 unspecified atom stereocenters. The van der Waals surface area contributed by atoms with Gasteiger partial charge >= 0.3 is 5.97 Å². The molecule has 0 aliphatic rings. The van der Waals surface area contributed by atoms with E-state index in [2.05, 4.69) is 4.98 Å². The molecular formula is C11H16N2O2. The summed E-state index contributed by atoms with van der Waals surface area (Å²) in [6, 6.07) is 3.37. The molecule has 2 N–H and O–H groups in total. The minimum atomic E-state index is -0.385. The Morgan fingerprint density at radius 1 is 1.60 bits per heavy atom. The maximum Gasteiger partial charge on any atom is 0.307 e. The van der Waals surface area contributed by atoms with Gasteiger partial charge in [0.25, 0.3) is 0 Å². The zero-order chi connectivity index (χ0) is 11.3. The normalized spacial score (nSPS) is 12.2. The Hall–Kier alpha value is -1.42. The summed E-state index contributed by atoms with van der Waals surface area (Å²) in [5.41, 5.74) is 7.60. The van der Waals surface area contributed by atoms with E-state index in [0.29, 0.717) is 12.3 Å². The number of nitrogens with two attached hydrogens (primary N) is 1. The van der Waals surface area contributed by atoms with Crippen LogP contribution in [0.15, 0.2) is 18.3 Å². The Bertz CT molecular complexity index is 322. The fourth-order valence-corrected chi connectivity index (χ4v) is 1.20. The predicted octanol–water partition coefficient (Wildman–Crippen LogP) is 1.34. The second kappa shape index (κ2) is 5.46. The van der Waals surface area contributed by atoms with Gasteiger partial charge in [-0.3, -0.25) is 9.78 Å². The quantitative estimate of drug-likeness (QED) is 0.758. The highest BCUT2D eigenvalue weighted by Gasteiger charge is 2.13. The van der Waals surface area contributed by atoms with Gasteiger partial charge in [-0.1, -0.05) is 6.07 Å². The van der Waals surface area contributed by atoms with Crippen LogP contribution < -0.4 is 5.73 Å². The Morgan fingerprint density at radius 2 is 2.33 bits per heavy atom. The van der Waals surface area contributed by atoms with E-state index in [0.717, 1.165) is 5.56 Å². The third-order valence-corrected chi connectivity index (χ3v) is 2.01. The van der Waals surface area contributed by atoms with E-state index in [1.807, 2.05) is 19.1 Å². The number of aryl methyl sites for hydroxylation is 1. The molecule has 0 saturated carbocycles. The van der Waals surface area contributed by atoms with Crippen LogP contribution in [0.3, 0.4) is 0 Å². The van der Waals surface area contributed by atoms with Gasteiger partial charge in [0.05, 0.1) is 24.8 Å². The molecule has 4 nitrogen and oxygen atoms in total. The lowest BCUT2D eigenvalue weighted by atomic mass is 10.1. The lowest BCUT2D eigenvalue weighted by molar-refractivity contribution is -0.143. The summed E-state index contributed by atoms with van der Waals surface area (Å²) in [4.78, 5) is 15.3. The van der Waals surface area contributed by atoms with Crippen molar-refractivity contribution < 1.29 is 9.53 Å². The Morgan fingerprint density at radius 3 is 2.87 bits per heavy atom. The van der Waals surface area contributed by atoms with Gasteiger partial charge in [-0.05, 0) is 25.5 Å². The SMILES string of the molecule is CCOC(=O)CC(N)c1ccc(C)cn1. The highest BCUT2D eigenvalue weighted by Crippen LogP contribution is 2.12. The summed E-state index contributed by atoms with van der Waals surface area (Å²) in [6.45, 7) is 4.11. The number of aromatic nitrogens is 1. The Labute approximate surface area is 89.5 Å². The molecule has 1 heterocycles. The first kappa shape index (κ1) is 11.7. The first-order valence-electron chi connectivity index (χ1n) is 4.97. The lowest BCUT2D eigenvalue weighted by Crippen LogP contribution is -2.18. The third kappa shape index (κ3) is 3.67. The van der Waals surface area contributed by atoms with Crippen molar-refractivity contribution in [1.29, 1.82) is 0 Å². The van der Waals surface area contributed by atoms with Gasteiger partial charge in [-0.15, -0.1) is 0 Å². The molecule has 0 aliphatic carbocycles. The van der Waals surface area contributed by atoms with Crippen LogP contribution in [-0.4, -0.2) is 17.6 Å². The van der Waals surface area contributed by atoms with Crippen LogP contribution in [0, 0.1) is 6.92 Å². The number of esters is 1. The zero-order valence-corrected chi connectivity index (χ0v) is 9.06. The van der Waals surface area contributed by atoms with Crippen molar-refractivity contribution >= 4 is 5.97 Å². The number of pyridine rings is 1. The summed E-state index contributed by atoms with van der Waals surface area (Å²) < 4.78 is 4.81. The number of hydrogen-bond acceptors (Lipinski definition) is 4. The van der Waals surface area contributed by atoms with Gasteiger partial charge in [-0.25, -0.2) is 0 Å². The van der Waals surface area contributed by atoms with Gasteiger partial charge in [0.1, 0.15) is 0 Å². The molecule has 0 aliphatic heterocycles. The van der Waals surface area contributed by atoms with Crippen LogP contribution in [0.2, 0.25) is 0 Å². The summed E-state index contributed by atoms with van der Waals surface area (Å²) in [6.07, 6.45) is 1.91. The zero-order valence-electron chi connectivity index (χ0n) is 9.06. The molecule has 0 spiro atoms. The Kier molecular flexibility index (Phi) is 4.24. The van der Waals surface area contributed by atoms with Crippen molar-refractivity contribution in [3.8, 4) is 0 Å². The largest absolute Gasteiger partial charge is 0.466 e. The highest BCUT2D eigenvalue weighted by molar-refractivity contribution is 5.70. The van der Waals surface area contributed by atoms with Crippen LogP contribution >= 0.6 is 0 Å². The van der Waals surface area contributed by atoms with Crippen molar-refractivity contribution in [2.24, 2.45) is 5.73 Å². The molecule has 0 radical (unpaired) electrons. The molecule has 0 saturated heterocycles. The molecule has 0 amide bonds. The van der Waals surface area contributed by atoms with E-state index < -0.39 is 0 Å². The fraction of sp³-hybridized carbons (Fsp3) is 0.455. The topological polar surface area (TPSA) is 65.2 Å². The van der Waals surface area contributed by atoms with E-state index >= 15 is 0 Å². The summed E-state index contributed by atoms with van der Waals surface area (Å²) in [5.74, 6) is -0.285. The van der Waals surface area contributed by atoms with Gasteiger partial charge in [0, 0.05) is 6.20 Å². The van der Waals surface area contributed by atoms with E-state index in [-0.39, 0.29) is 18.4 Å². The van der Waals surface area contributed by atoms with Crippen molar-refractivity contribution in [3.63, 3.8) is 0 Å². The first-order valence-corrected chi connectivity index (χ1v) is 4.97. The first-order chi connectivity index (χ1) is 7.13. The summed E-state index contributed by atoms with van der Waals surface area (Å²) in [7, 11) is 0. The highest BCUT2D eigenvalue weighted by atomic mass is 16.5. The molecule has 1 aromatic rings. The van der Waals surface area contributed by atoms with Crippen LogP contribution in [0.5, 0.6) is 0 Å². The molecule has 1 atom stereocenters. The lowest BCUT2D eigenvalue weighted by Gasteiger charge is -2.10. The summed E-state index contributed by atoms with van der Waals surface area (Å²) in [5, 5.41) is 0. The van der Waals surface area contributed by atoms with E-state index in [9.17, 15) is 4.79 Å². The van der Waals surface area contributed by atoms with Crippen LogP contribution in [0.1, 0.15) is 30.6 Å². The standard InChI is InChI=1S/C11H16N2O2/c1-3-15-11(14)6-9(12)10-5-4-8(2)7-13-10/h4-5,7,9H,3,6,12H2,1-2H3. The van der Waals surface area contributed by atoms with Crippen molar-refractivity contribution in [1.82, 2.24) is 4.98 Å². The molecular weight excluding hydrogens is 192 g/mol. The average molecular weight is 208 g/mol. The molecule has 0 fully saturated rings. The average Bonchev–Trinajstić information content (AvgIpc) is 2.18. The van der Waals surface area contributed by atoms with Crippen LogP contribution in [0.4, 0.5) is 0 Å². The van der Waals surface area contributed by atoms with Gasteiger partial charge < -0.3 is 10.5 Å². The van der Waals surface area contributed by atoms with Crippen LogP contribution in [0.25, 0.3) is 0 Å². The Balaban J connectivity index is 2.57. The van der Waals surface area contributed by atoms with Crippen molar-refractivity contribution in [2.45, 2.75) is 26.3 Å². The van der Waals surface area contributed by atoms with E-state index in [1.54, 1.807) is 13.1 Å². The van der Waals surface area contributed by atoms with Crippen molar-refractivity contribution in [2.75, 3.05) is 6.61 Å². The second-order valence-electron chi connectivity index (χ2n) is 3.38. The fourth-order valence-electron chi connectivity index (χ4n) is 1.20. The summed E-state index contributed by atoms with van der Waals surface area (Å²) >= 11 is 0. The number of carbonyl (C=O) groups is 1. The number of rotatable bonds is 4. The maximum atomic E-state index is 11.2. The second-order valence-corrected chi connectivity index (χ2v) is 3.38. The monoisotopic (exact) mass is 208 g/mol. The van der Waals surface area contributed by atoms with Gasteiger partial charge in [0.15, 0.2) is 0 Å². The van der Waals surface area contributed by atoms with Crippen LogP contribution in [-0.2, 0) is 9.53 Å². The van der Waals surface area contributed by atoms with Gasteiger partial charge in [0.2, 0.25) is 0 Å². The van der Waals surface area contributed by atoms with E-state index in [4.69, 9.17) is 10.5 Å². The molecule has 0 aromatic carbocycles. The smallest absolute Gasteiger partial charge is 0.307 e. The molecule has 0 bridgehead atoms. The molecule has 4 heteroatoms. The number of hydrogen-bond donors (Lipinski definition) is 1. The number of ether oxygens (including phenoxy) is 1. The molecule has 1 aromatic heterocycles. The molecule has 82 valence electrons. The van der Waals surface area contributed by atoms with Crippen molar-refractivity contribution in [3.05, 3.63) is 29.6 Å². The predicted molar refractivity (Wildman–Crippen MR) is 57.2 cm³/mol. The third-order valence-electron chi connectivity index (χ3n) is 2.01. The van der Waals surface area contributed by atoms with Gasteiger partial charge in [-0.2, -0.15) is 0 Å². The minimum absolute atomic E-state index is 0.171.